The van der Waals surface area contributed by atoms with Crippen molar-refractivity contribution in [1.82, 2.24) is 4.90 Å². The Balaban J connectivity index is 1.82. The number of benzene rings is 3. The van der Waals surface area contributed by atoms with Crippen LogP contribution in [0.25, 0.3) is 0 Å². The number of methoxy groups -OCH3 is 1. The molecule has 0 fully saturated rings. The second-order valence-electron chi connectivity index (χ2n) is 6.77. The monoisotopic (exact) mass is 462 g/mol. The number of nitrogens with zero attached hydrogens (tertiary/aromatic N) is 1. The Morgan fingerprint density at radius 1 is 1.10 bits per heavy atom. The van der Waals surface area contributed by atoms with Crippen molar-refractivity contribution in [3.8, 4) is 5.75 Å². The standard InChI is InChI=1S/C22H20ClFN2O4S/c1-26(14-15-6-9-18(24)10-7-15)22(27)16-4-3-5-19(12-16)31(28,29)25-20-13-17(23)8-11-21(20)30-2/h3-13,25H,14H2,1-2H3. The van der Waals surface area contributed by atoms with Crippen LogP contribution in [0.15, 0.2) is 71.6 Å². The predicted molar refractivity (Wildman–Crippen MR) is 117 cm³/mol. The highest BCUT2D eigenvalue weighted by Crippen LogP contribution is 2.30. The van der Waals surface area contributed by atoms with Crippen LogP contribution >= 0.6 is 11.6 Å². The molecule has 1 N–H and O–H groups in total. The normalized spacial score (nSPS) is 11.1. The van der Waals surface area contributed by atoms with Gasteiger partial charge in [0.05, 0.1) is 17.7 Å². The third-order valence-corrected chi connectivity index (χ3v) is 6.08. The summed E-state index contributed by atoms with van der Waals surface area (Å²) >= 11 is 5.96. The Labute approximate surface area is 185 Å². The summed E-state index contributed by atoms with van der Waals surface area (Å²) in [5, 5.41) is 0.338. The Kier molecular flexibility index (Phi) is 6.82. The zero-order chi connectivity index (χ0) is 22.6. The van der Waals surface area contributed by atoms with Crippen LogP contribution in [0, 0.1) is 5.82 Å². The number of carbonyl (C=O) groups excluding carboxylic acids is 1. The van der Waals surface area contributed by atoms with Crippen molar-refractivity contribution in [1.29, 1.82) is 0 Å². The maximum absolute atomic E-state index is 13.1. The number of rotatable bonds is 7. The van der Waals surface area contributed by atoms with Crippen LogP contribution in [0.2, 0.25) is 5.02 Å². The largest absolute Gasteiger partial charge is 0.495 e. The lowest BCUT2D eigenvalue weighted by atomic mass is 10.1. The summed E-state index contributed by atoms with van der Waals surface area (Å²) in [6, 6.07) is 16.1. The van der Waals surface area contributed by atoms with Gasteiger partial charge in [0, 0.05) is 24.2 Å². The van der Waals surface area contributed by atoms with E-state index in [2.05, 4.69) is 4.72 Å². The molecule has 0 bridgehead atoms. The first kappa shape index (κ1) is 22.6. The average Bonchev–Trinajstić information content (AvgIpc) is 2.75. The molecular formula is C22H20ClFN2O4S. The molecule has 0 radical (unpaired) electrons. The Bertz CT molecular complexity index is 1200. The van der Waals surface area contributed by atoms with Crippen molar-refractivity contribution in [2.75, 3.05) is 18.9 Å². The molecule has 0 aromatic heterocycles. The van der Waals surface area contributed by atoms with Gasteiger partial charge in [-0.2, -0.15) is 0 Å². The SMILES string of the molecule is COc1ccc(Cl)cc1NS(=O)(=O)c1cccc(C(=O)N(C)Cc2ccc(F)cc2)c1. The molecule has 9 heteroatoms. The molecule has 3 rings (SSSR count). The fraction of sp³-hybridized carbons (Fsp3) is 0.136. The van der Waals surface area contributed by atoms with Crippen molar-refractivity contribution >= 4 is 33.2 Å². The average molecular weight is 463 g/mol. The number of carbonyl (C=O) groups is 1. The second kappa shape index (κ2) is 9.36. The van der Waals surface area contributed by atoms with Crippen LogP contribution in [-0.2, 0) is 16.6 Å². The molecule has 1 amide bonds. The van der Waals surface area contributed by atoms with Gasteiger partial charge in [0.25, 0.3) is 15.9 Å². The number of halogens is 2. The minimum atomic E-state index is -4.01. The van der Waals surface area contributed by atoms with E-state index in [1.165, 1.54) is 54.5 Å². The fourth-order valence-corrected chi connectivity index (χ4v) is 4.19. The molecule has 0 saturated carbocycles. The van der Waals surface area contributed by atoms with Gasteiger partial charge in [0.2, 0.25) is 0 Å². The van der Waals surface area contributed by atoms with Crippen LogP contribution in [0.4, 0.5) is 10.1 Å². The van der Waals surface area contributed by atoms with Gasteiger partial charge < -0.3 is 9.64 Å². The first-order valence-corrected chi connectivity index (χ1v) is 11.0. The van der Waals surface area contributed by atoms with Crippen molar-refractivity contribution < 1.29 is 22.3 Å². The third kappa shape index (κ3) is 5.53. The van der Waals surface area contributed by atoms with Gasteiger partial charge in [-0.25, -0.2) is 12.8 Å². The summed E-state index contributed by atoms with van der Waals surface area (Å²) in [4.78, 5) is 14.1. The summed E-state index contributed by atoms with van der Waals surface area (Å²) in [6.07, 6.45) is 0. The number of ether oxygens (including phenoxy) is 1. The van der Waals surface area contributed by atoms with E-state index in [0.29, 0.717) is 10.8 Å². The van der Waals surface area contributed by atoms with Gasteiger partial charge in [0.15, 0.2) is 0 Å². The number of hydrogen-bond acceptors (Lipinski definition) is 4. The molecule has 6 nitrogen and oxygen atoms in total. The van der Waals surface area contributed by atoms with Crippen molar-refractivity contribution in [2.24, 2.45) is 0 Å². The fourth-order valence-electron chi connectivity index (χ4n) is 2.92. The highest BCUT2D eigenvalue weighted by Gasteiger charge is 2.20. The van der Waals surface area contributed by atoms with Gasteiger partial charge in [-0.3, -0.25) is 9.52 Å². The molecule has 0 aliphatic carbocycles. The molecular weight excluding hydrogens is 443 g/mol. The lowest BCUT2D eigenvalue weighted by Crippen LogP contribution is -2.26. The minimum absolute atomic E-state index is 0.0874. The van der Waals surface area contributed by atoms with Crippen LogP contribution in [0.3, 0.4) is 0 Å². The minimum Gasteiger partial charge on any atom is -0.495 e. The number of sulfonamides is 1. The smallest absolute Gasteiger partial charge is 0.262 e. The molecule has 0 aliphatic rings. The molecule has 0 saturated heterocycles. The Morgan fingerprint density at radius 3 is 2.48 bits per heavy atom. The van der Waals surface area contributed by atoms with E-state index in [-0.39, 0.29) is 34.4 Å². The Morgan fingerprint density at radius 2 is 1.81 bits per heavy atom. The zero-order valence-electron chi connectivity index (χ0n) is 16.8. The summed E-state index contributed by atoms with van der Waals surface area (Å²) < 4.78 is 46.4. The van der Waals surface area contributed by atoms with Gasteiger partial charge in [-0.1, -0.05) is 29.8 Å². The highest BCUT2D eigenvalue weighted by molar-refractivity contribution is 7.92. The van der Waals surface area contributed by atoms with E-state index in [4.69, 9.17) is 16.3 Å². The van der Waals surface area contributed by atoms with Crippen molar-refractivity contribution in [2.45, 2.75) is 11.4 Å². The van der Waals surface area contributed by atoms with E-state index >= 15 is 0 Å². The quantitative estimate of drug-likeness (QED) is 0.558. The van der Waals surface area contributed by atoms with E-state index in [0.717, 1.165) is 5.56 Å². The van der Waals surface area contributed by atoms with Gasteiger partial charge >= 0.3 is 0 Å². The van der Waals surface area contributed by atoms with Crippen LogP contribution in [-0.4, -0.2) is 33.4 Å². The third-order valence-electron chi connectivity index (χ3n) is 4.48. The maximum Gasteiger partial charge on any atom is 0.262 e. The zero-order valence-corrected chi connectivity index (χ0v) is 18.4. The van der Waals surface area contributed by atoms with Crippen LogP contribution in [0.1, 0.15) is 15.9 Å². The molecule has 3 aromatic rings. The van der Waals surface area contributed by atoms with Gasteiger partial charge in [0.1, 0.15) is 11.6 Å². The molecule has 0 unspecified atom stereocenters. The lowest BCUT2D eigenvalue weighted by Gasteiger charge is -2.18. The van der Waals surface area contributed by atoms with Crippen molar-refractivity contribution in [3.05, 3.63) is 88.7 Å². The number of anilines is 1. The molecule has 3 aromatic carbocycles. The highest BCUT2D eigenvalue weighted by atomic mass is 35.5. The van der Waals surface area contributed by atoms with Gasteiger partial charge in [-0.05, 0) is 54.1 Å². The van der Waals surface area contributed by atoms with Crippen LogP contribution in [0.5, 0.6) is 5.75 Å². The number of nitrogens with one attached hydrogen (secondary N) is 1. The predicted octanol–water partition coefficient (Wildman–Crippen LogP) is 4.56. The van der Waals surface area contributed by atoms with Crippen LogP contribution < -0.4 is 9.46 Å². The molecule has 31 heavy (non-hydrogen) atoms. The van der Waals surface area contributed by atoms with E-state index in [1.54, 1.807) is 31.3 Å². The molecule has 162 valence electrons. The topological polar surface area (TPSA) is 75.7 Å². The van der Waals surface area contributed by atoms with E-state index < -0.39 is 10.0 Å². The summed E-state index contributed by atoms with van der Waals surface area (Å²) in [5.41, 5.74) is 1.13. The van der Waals surface area contributed by atoms with E-state index in [9.17, 15) is 17.6 Å². The molecule has 0 aliphatic heterocycles. The van der Waals surface area contributed by atoms with E-state index in [1.807, 2.05) is 0 Å². The second-order valence-corrected chi connectivity index (χ2v) is 8.88. The first-order valence-electron chi connectivity index (χ1n) is 9.16. The summed E-state index contributed by atoms with van der Waals surface area (Å²) in [7, 11) is -1.01. The maximum atomic E-state index is 13.1. The molecule has 0 heterocycles. The molecule has 0 atom stereocenters. The number of amides is 1. The molecule has 0 spiro atoms. The van der Waals surface area contributed by atoms with Crippen molar-refractivity contribution in [3.63, 3.8) is 0 Å². The lowest BCUT2D eigenvalue weighted by molar-refractivity contribution is 0.0785. The van der Waals surface area contributed by atoms with Gasteiger partial charge in [-0.15, -0.1) is 0 Å². The number of hydrogen-bond donors (Lipinski definition) is 1. The Hall–Kier alpha value is -3.10. The summed E-state index contributed by atoms with van der Waals surface area (Å²) in [5.74, 6) is -0.430. The first-order chi connectivity index (χ1) is 14.7. The summed E-state index contributed by atoms with van der Waals surface area (Å²) in [6.45, 7) is 0.244.